The van der Waals surface area contributed by atoms with Crippen LogP contribution in [0.1, 0.15) is 21.5 Å². The number of ether oxygens (including phenoxy) is 1. The predicted octanol–water partition coefficient (Wildman–Crippen LogP) is 2.88. The van der Waals surface area contributed by atoms with Crippen molar-refractivity contribution in [3.8, 4) is 11.9 Å². The molecule has 0 spiro atoms. The van der Waals surface area contributed by atoms with Crippen molar-refractivity contribution in [3.63, 3.8) is 0 Å². The number of aromatic nitrogens is 1. The Morgan fingerprint density at radius 1 is 1.24 bits per heavy atom. The maximum Gasteiger partial charge on any atom is 0.416 e. The Bertz CT molecular complexity index is 822. The second-order valence-corrected chi connectivity index (χ2v) is 5.52. The van der Waals surface area contributed by atoms with Gasteiger partial charge in [0.05, 0.1) is 30.3 Å². The summed E-state index contributed by atoms with van der Waals surface area (Å²) in [5.74, 6) is -0.0574. The number of hydrogen-bond donors (Lipinski definition) is 0. The Hall–Kier alpha value is -3.08. The van der Waals surface area contributed by atoms with Gasteiger partial charge in [-0.1, -0.05) is 0 Å². The molecule has 1 aromatic heterocycles. The molecule has 8 heteroatoms. The maximum atomic E-state index is 12.5. The second-order valence-electron chi connectivity index (χ2n) is 5.52. The van der Waals surface area contributed by atoms with E-state index in [0.717, 1.165) is 24.3 Å². The lowest BCUT2D eigenvalue weighted by Crippen LogP contribution is -2.56. The number of benzene rings is 1. The van der Waals surface area contributed by atoms with Gasteiger partial charge in [-0.2, -0.15) is 18.4 Å². The molecule has 0 N–H and O–H groups in total. The van der Waals surface area contributed by atoms with Crippen molar-refractivity contribution in [2.75, 3.05) is 13.1 Å². The molecule has 2 aromatic rings. The molecule has 0 saturated carbocycles. The van der Waals surface area contributed by atoms with Crippen LogP contribution in [0.3, 0.4) is 0 Å². The molecule has 0 aliphatic carbocycles. The molecule has 1 fully saturated rings. The van der Waals surface area contributed by atoms with Gasteiger partial charge in [-0.3, -0.25) is 4.79 Å². The third-order valence-corrected chi connectivity index (χ3v) is 3.75. The van der Waals surface area contributed by atoms with E-state index < -0.39 is 11.7 Å². The number of likely N-dealkylation sites (tertiary alicyclic amines) is 1. The highest BCUT2D eigenvalue weighted by Gasteiger charge is 2.34. The Kier molecular flexibility index (Phi) is 4.31. The van der Waals surface area contributed by atoms with Gasteiger partial charge in [-0.25, -0.2) is 4.98 Å². The van der Waals surface area contributed by atoms with Gasteiger partial charge in [0, 0.05) is 17.8 Å². The van der Waals surface area contributed by atoms with E-state index in [-0.39, 0.29) is 17.6 Å². The lowest BCUT2D eigenvalue weighted by atomic mass is 10.1. The van der Waals surface area contributed by atoms with Crippen LogP contribution >= 0.6 is 0 Å². The first-order valence-corrected chi connectivity index (χ1v) is 7.36. The van der Waals surface area contributed by atoms with Crippen LogP contribution < -0.4 is 4.74 Å². The first-order valence-electron chi connectivity index (χ1n) is 7.36. The number of pyridine rings is 1. The fourth-order valence-corrected chi connectivity index (χ4v) is 2.38. The van der Waals surface area contributed by atoms with Crippen molar-refractivity contribution < 1.29 is 22.7 Å². The zero-order valence-corrected chi connectivity index (χ0v) is 12.8. The summed E-state index contributed by atoms with van der Waals surface area (Å²) in [7, 11) is 0. The topological polar surface area (TPSA) is 66.2 Å². The molecule has 1 amide bonds. The summed E-state index contributed by atoms with van der Waals surface area (Å²) in [4.78, 5) is 17.7. The van der Waals surface area contributed by atoms with E-state index in [1.165, 1.54) is 17.2 Å². The fourth-order valence-electron chi connectivity index (χ4n) is 2.38. The fraction of sp³-hybridized carbons (Fsp3) is 0.235. The Morgan fingerprint density at radius 2 is 1.92 bits per heavy atom. The van der Waals surface area contributed by atoms with Gasteiger partial charge in [0.2, 0.25) is 5.88 Å². The molecule has 128 valence electrons. The van der Waals surface area contributed by atoms with Crippen molar-refractivity contribution in [2.24, 2.45) is 0 Å². The van der Waals surface area contributed by atoms with Crippen molar-refractivity contribution in [2.45, 2.75) is 12.3 Å². The molecular weight excluding hydrogens is 335 g/mol. The number of amides is 1. The summed E-state index contributed by atoms with van der Waals surface area (Å²) in [5.41, 5.74) is -0.185. The van der Waals surface area contributed by atoms with E-state index in [1.807, 2.05) is 6.07 Å². The van der Waals surface area contributed by atoms with Crippen LogP contribution in [-0.2, 0) is 6.18 Å². The number of nitriles is 1. The number of alkyl halides is 3. The third kappa shape index (κ3) is 3.71. The summed E-state index contributed by atoms with van der Waals surface area (Å²) < 4.78 is 43.2. The summed E-state index contributed by atoms with van der Waals surface area (Å²) in [6.07, 6.45) is -3.24. The SMILES string of the molecule is N#Cc1ccnc(OC2CN(C(=O)c3ccc(C(F)(F)F)cc3)C2)c1. The summed E-state index contributed by atoms with van der Waals surface area (Å²) in [6, 6.07) is 9.13. The number of nitrogens with zero attached hydrogens (tertiary/aromatic N) is 3. The monoisotopic (exact) mass is 347 g/mol. The molecular formula is C17H12F3N3O2. The van der Waals surface area contributed by atoms with E-state index in [1.54, 1.807) is 6.07 Å². The Labute approximate surface area is 141 Å². The number of carbonyl (C=O) groups excluding carboxylic acids is 1. The molecule has 1 aliphatic heterocycles. The first kappa shape index (κ1) is 16.8. The van der Waals surface area contributed by atoms with Crippen molar-refractivity contribution in [1.82, 2.24) is 9.88 Å². The van der Waals surface area contributed by atoms with Crippen molar-refractivity contribution in [1.29, 1.82) is 5.26 Å². The molecule has 5 nitrogen and oxygen atoms in total. The summed E-state index contributed by atoms with van der Waals surface area (Å²) >= 11 is 0. The minimum Gasteiger partial charge on any atom is -0.471 e. The van der Waals surface area contributed by atoms with Crippen LogP contribution in [-0.4, -0.2) is 35.0 Å². The Balaban J connectivity index is 1.57. The van der Waals surface area contributed by atoms with E-state index >= 15 is 0 Å². The highest BCUT2D eigenvalue weighted by Crippen LogP contribution is 2.29. The molecule has 3 rings (SSSR count). The van der Waals surface area contributed by atoms with E-state index in [2.05, 4.69) is 4.98 Å². The maximum absolute atomic E-state index is 12.5. The largest absolute Gasteiger partial charge is 0.471 e. The minimum atomic E-state index is -4.43. The molecule has 1 saturated heterocycles. The highest BCUT2D eigenvalue weighted by molar-refractivity contribution is 5.94. The lowest BCUT2D eigenvalue weighted by Gasteiger charge is -2.38. The summed E-state index contributed by atoms with van der Waals surface area (Å²) in [5, 5.41) is 8.82. The third-order valence-electron chi connectivity index (χ3n) is 3.75. The average Bonchev–Trinajstić information content (AvgIpc) is 2.56. The van der Waals surface area contributed by atoms with Crippen LogP contribution in [0.15, 0.2) is 42.6 Å². The average molecular weight is 347 g/mol. The normalized spacial score (nSPS) is 14.6. The van der Waals surface area contributed by atoms with E-state index in [4.69, 9.17) is 10.00 Å². The number of halogens is 3. The zero-order valence-electron chi connectivity index (χ0n) is 12.8. The lowest BCUT2D eigenvalue weighted by molar-refractivity contribution is -0.137. The van der Waals surface area contributed by atoms with Crippen LogP contribution in [0.25, 0.3) is 0 Å². The Morgan fingerprint density at radius 3 is 2.52 bits per heavy atom. The molecule has 0 atom stereocenters. The van der Waals surface area contributed by atoms with Gasteiger partial charge >= 0.3 is 6.18 Å². The van der Waals surface area contributed by atoms with Gasteiger partial charge < -0.3 is 9.64 Å². The predicted molar refractivity (Wildman–Crippen MR) is 80.7 cm³/mol. The van der Waals surface area contributed by atoms with Crippen LogP contribution in [0, 0.1) is 11.3 Å². The van der Waals surface area contributed by atoms with E-state index in [9.17, 15) is 18.0 Å². The second kappa shape index (κ2) is 6.43. The zero-order chi connectivity index (χ0) is 18.0. The van der Waals surface area contributed by atoms with Crippen LogP contribution in [0.2, 0.25) is 0 Å². The quantitative estimate of drug-likeness (QED) is 0.856. The molecule has 0 radical (unpaired) electrons. The molecule has 0 bridgehead atoms. The van der Waals surface area contributed by atoms with Crippen molar-refractivity contribution in [3.05, 3.63) is 59.3 Å². The molecule has 25 heavy (non-hydrogen) atoms. The van der Waals surface area contributed by atoms with Gasteiger partial charge in [-0.15, -0.1) is 0 Å². The van der Waals surface area contributed by atoms with Gasteiger partial charge in [0.1, 0.15) is 6.10 Å². The standard InChI is InChI=1S/C17H12F3N3O2/c18-17(19,20)13-3-1-12(2-4-13)16(24)23-9-14(10-23)25-15-7-11(8-21)5-6-22-15/h1-7,14H,9-10H2. The van der Waals surface area contributed by atoms with Crippen molar-refractivity contribution >= 4 is 5.91 Å². The molecule has 0 unspecified atom stereocenters. The first-order chi connectivity index (χ1) is 11.9. The highest BCUT2D eigenvalue weighted by atomic mass is 19.4. The van der Waals surface area contributed by atoms with Crippen LogP contribution in [0.4, 0.5) is 13.2 Å². The number of rotatable bonds is 3. The molecule has 1 aromatic carbocycles. The van der Waals surface area contributed by atoms with Gasteiger partial charge in [0.15, 0.2) is 0 Å². The smallest absolute Gasteiger partial charge is 0.416 e. The van der Waals surface area contributed by atoms with Gasteiger partial charge in [0.25, 0.3) is 5.91 Å². The number of hydrogen-bond acceptors (Lipinski definition) is 4. The molecule has 1 aliphatic rings. The molecule has 2 heterocycles. The van der Waals surface area contributed by atoms with E-state index in [0.29, 0.717) is 24.5 Å². The number of carbonyl (C=O) groups is 1. The van der Waals surface area contributed by atoms with Crippen LogP contribution in [0.5, 0.6) is 5.88 Å². The summed E-state index contributed by atoms with van der Waals surface area (Å²) in [6.45, 7) is 0.608. The van der Waals surface area contributed by atoms with Gasteiger partial charge in [-0.05, 0) is 30.3 Å². The minimum absolute atomic E-state index is 0.191.